The molecule has 0 bridgehead atoms. The number of hydrogen-bond donors (Lipinski definition) is 1. The van der Waals surface area contributed by atoms with Crippen LogP contribution in [0.3, 0.4) is 0 Å². The van der Waals surface area contributed by atoms with E-state index in [1.807, 2.05) is 0 Å². The highest BCUT2D eigenvalue weighted by Crippen LogP contribution is 2.29. The molecular weight excluding hydrogens is 411 g/mol. The maximum absolute atomic E-state index is 13.4. The van der Waals surface area contributed by atoms with Crippen LogP contribution in [-0.4, -0.2) is 34.6 Å². The summed E-state index contributed by atoms with van der Waals surface area (Å²) in [6.07, 6.45) is 1.74. The second-order valence-corrected chi connectivity index (χ2v) is 6.54. The van der Waals surface area contributed by atoms with Crippen molar-refractivity contribution in [2.45, 2.75) is 19.4 Å². The maximum Gasteiger partial charge on any atom is 0.306 e. The lowest BCUT2D eigenvalue weighted by Gasteiger charge is -2.10. The SMILES string of the molecule is COc1cc2ncn(CCCC(=O)Nc3ccc(F)c([N+](=O)[O-])c3)c(=O)c2cc1OC. The van der Waals surface area contributed by atoms with E-state index >= 15 is 0 Å². The summed E-state index contributed by atoms with van der Waals surface area (Å²) in [7, 11) is 2.95. The molecule has 3 aromatic rings. The molecule has 2 aromatic carbocycles. The van der Waals surface area contributed by atoms with E-state index < -0.39 is 22.3 Å². The van der Waals surface area contributed by atoms with Crippen molar-refractivity contribution in [3.8, 4) is 11.5 Å². The number of anilines is 1. The number of amides is 1. The quantitative estimate of drug-likeness (QED) is 0.430. The van der Waals surface area contributed by atoms with E-state index in [0.717, 1.165) is 12.1 Å². The summed E-state index contributed by atoms with van der Waals surface area (Å²) in [6, 6.07) is 6.26. The molecule has 0 fully saturated rings. The van der Waals surface area contributed by atoms with E-state index in [-0.39, 0.29) is 24.2 Å². The average Bonchev–Trinajstić information content (AvgIpc) is 2.75. The number of aromatic nitrogens is 2. The van der Waals surface area contributed by atoms with Crippen LogP contribution in [-0.2, 0) is 11.3 Å². The Morgan fingerprint density at radius 1 is 1.23 bits per heavy atom. The second kappa shape index (κ2) is 9.20. The Morgan fingerprint density at radius 2 is 1.94 bits per heavy atom. The number of carbonyl (C=O) groups is 1. The Bertz CT molecular complexity index is 1210. The first-order valence-corrected chi connectivity index (χ1v) is 9.19. The van der Waals surface area contributed by atoms with Gasteiger partial charge in [0.25, 0.3) is 5.56 Å². The van der Waals surface area contributed by atoms with Crippen molar-refractivity contribution in [1.29, 1.82) is 0 Å². The normalized spacial score (nSPS) is 10.7. The van der Waals surface area contributed by atoms with E-state index in [1.165, 1.54) is 31.2 Å². The van der Waals surface area contributed by atoms with Crippen molar-refractivity contribution < 1.29 is 23.6 Å². The summed E-state index contributed by atoms with van der Waals surface area (Å²) in [6.45, 7) is 0.229. The van der Waals surface area contributed by atoms with Crippen molar-refractivity contribution >= 4 is 28.2 Å². The minimum atomic E-state index is -0.986. The molecule has 1 heterocycles. The number of nitro groups is 1. The summed E-state index contributed by atoms with van der Waals surface area (Å²) < 4.78 is 25.2. The Balaban J connectivity index is 1.67. The monoisotopic (exact) mass is 430 g/mol. The number of nitrogens with zero attached hydrogens (tertiary/aromatic N) is 3. The van der Waals surface area contributed by atoms with Gasteiger partial charge in [0.05, 0.1) is 36.4 Å². The first kappa shape index (κ1) is 21.7. The molecule has 10 nitrogen and oxygen atoms in total. The van der Waals surface area contributed by atoms with Gasteiger partial charge in [-0.15, -0.1) is 0 Å². The summed E-state index contributed by atoms with van der Waals surface area (Å²) in [4.78, 5) is 39.0. The van der Waals surface area contributed by atoms with Crippen LogP contribution in [0.4, 0.5) is 15.8 Å². The van der Waals surface area contributed by atoms with Gasteiger partial charge in [0.2, 0.25) is 11.7 Å². The number of ether oxygens (including phenoxy) is 2. The second-order valence-electron chi connectivity index (χ2n) is 6.54. The number of methoxy groups -OCH3 is 2. The van der Waals surface area contributed by atoms with Gasteiger partial charge >= 0.3 is 5.69 Å². The summed E-state index contributed by atoms with van der Waals surface area (Å²) >= 11 is 0. The van der Waals surface area contributed by atoms with Crippen molar-refractivity contribution in [1.82, 2.24) is 9.55 Å². The Kier molecular flexibility index (Phi) is 6.43. The van der Waals surface area contributed by atoms with Gasteiger partial charge in [0.15, 0.2) is 11.5 Å². The van der Waals surface area contributed by atoms with Crippen LogP contribution < -0.4 is 20.3 Å². The Labute approximate surface area is 175 Å². The molecule has 0 spiro atoms. The molecule has 1 N–H and O–H groups in total. The third-order valence-electron chi connectivity index (χ3n) is 4.56. The molecule has 31 heavy (non-hydrogen) atoms. The van der Waals surface area contributed by atoms with Crippen molar-refractivity contribution in [3.05, 3.63) is 62.9 Å². The third kappa shape index (κ3) is 4.77. The lowest BCUT2D eigenvalue weighted by molar-refractivity contribution is -0.387. The summed E-state index contributed by atoms with van der Waals surface area (Å²) in [5, 5.41) is 13.6. The first-order chi connectivity index (χ1) is 14.8. The van der Waals surface area contributed by atoms with Crippen LogP contribution in [0.25, 0.3) is 10.9 Å². The van der Waals surface area contributed by atoms with Crippen LogP contribution in [0.2, 0.25) is 0 Å². The van der Waals surface area contributed by atoms with Gasteiger partial charge in [-0.3, -0.25) is 24.3 Å². The first-order valence-electron chi connectivity index (χ1n) is 9.19. The standard InChI is InChI=1S/C20H19FN4O6/c1-30-17-9-13-15(10-18(17)31-2)22-11-24(20(13)27)7-3-4-19(26)23-12-5-6-14(21)16(8-12)25(28)29/h5-6,8-11H,3-4,7H2,1-2H3,(H,23,26). The van der Waals surface area contributed by atoms with Gasteiger partial charge < -0.3 is 14.8 Å². The third-order valence-corrected chi connectivity index (χ3v) is 4.56. The van der Waals surface area contributed by atoms with E-state index in [0.29, 0.717) is 28.8 Å². The number of hydrogen-bond acceptors (Lipinski definition) is 7. The molecule has 0 atom stereocenters. The van der Waals surface area contributed by atoms with Gasteiger partial charge in [-0.1, -0.05) is 0 Å². The minimum Gasteiger partial charge on any atom is -0.493 e. The molecule has 0 unspecified atom stereocenters. The van der Waals surface area contributed by atoms with Gasteiger partial charge in [-0.2, -0.15) is 4.39 Å². The van der Waals surface area contributed by atoms with E-state index in [4.69, 9.17) is 9.47 Å². The minimum absolute atomic E-state index is 0.0432. The largest absolute Gasteiger partial charge is 0.493 e. The predicted octanol–water partition coefficient (Wildman–Crippen LogP) is 2.88. The number of nitrogens with one attached hydrogen (secondary N) is 1. The van der Waals surface area contributed by atoms with Crippen LogP contribution in [0.5, 0.6) is 11.5 Å². The molecule has 162 valence electrons. The molecule has 3 rings (SSSR count). The van der Waals surface area contributed by atoms with E-state index in [2.05, 4.69) is 10.3 Å². The van der Waals surface area contributed by atoms with Crippen LogP contribution in [0.15, 0.2) is 41.5 Å². The number of halogens is 1. The fourth-order valence-electron chi connectivity index (χ4n) is 3.01. The zero-order chi connectivity index (χ0) is 22.5. The van der Waals surface area contributed by atoms with Crippen LogP contribution in [0, 0.1) is 15.9 Å². The van der Waals surface area contributed by atoms with Crippen molar-refractivity contribution in [3.63, 3.8) is 0 Å². The highest BCUT2D eigenvalue weighted by molar-refractivity contribution is 5.91. The van der Waals surface area contributed by atoms with Gasteiger partial charge in [0.1, 0.15) is 0 Å². The van der Waals surface area contributed by atoms with Gasteiger partial charge in [-0.05, 0) is 24.6 Å². The molecule has 0 radical (unpaired) electrons. The fraction of sp³-hybridized carbons (Fsp3) is 0.250. The predicted molar refractivity (Wildman–Crippen MR) is 110 cm³/mol. The maximum atomic E-state index is 13.4. The van der Waals surface area contributed by atoms with Gasteiger partial charge in [0, 0.05) is 30.8 Å². The Hall–Kier alpha value is -4.02. The molecule has 1 aromatic heterocycles. The number of fused-ring (bicyclic) bond motifs is 1. The smallest absolute Gasteiger partial charge is 0.306 e. The van der Waals surface area contributed by atoms with E-state index in [1.54, 1.807) is 12.1 Å². The molecule has 0 aliphatic rings. The molecule has 0 aliphatic carbocycles. The van der Waals surface area contributed by atoms with Crippen LogP contribution in [0.1, 0.15) is 12.8 Å². The fourth-order valence-corrected chi connectivity index (χ4v) is 3.01. The van der Waals surface area contributed by atoms with Gasteiger partial charge in [-0.25, -0.2) is 4.98 Å². The zero-order valence-electron chi connectivity index (χ0n) is 16.8. The number of aryl methyl sites for hydroxylation is 1. The number of rotatable bonds is 8. The lowest BCUT2D eigenvalue weighted by Crippen LogP contribution is -2.22. The average molecular weight is 430 g/mol. The highest BCUT2D eigenvalue weighted by atomic mass is 19.1. The summed E-state index contributed by atoms with van der Waals surface area (Å²) in [5.74, 6) is -0.550. The highest BCUT2D eigenvalue weighted by Gasteiger charge is 2.15. The van der Waals surface area contributed by atoms with E-state index in [9.17, 15) is 24.1 Å². The number of nitro benzene ring substituents is 1. The van der Waals surface area contributed by atoms with Crippen molar-refractivity contribution in [2.24, 2.45) is 0 Å². The lowest BCUT2D eigenvalue weighted by atomic mass is 10.2. The number of carbonyl (C=O) groups excluding carboxylic acids is 1. The molecule has 1 amide bonds. The van der Waals surface area contributed by atoms with Crippen LogP contribution >= 0.6 is 0 Å². The Morgan fingerprint density at radius 3 is 2.61 bits per heavy atom. The van der Waals surface area contributed by atoms with Crippen molar-refractivity contribution in [2.75, 3.05) is 19.5 Å². The molecule has 0 aliphatic heterocycles. The molecule has 0 saturated carbocycles. The zero-order valence-corrected chi connectivity index (χ0v) is 16.8. The summed E-state index contributed by atoms with van der Waals surface area (Å²) in [5.41, 5.74) is -0.447. The number of benzene rings is 2. The topological polar surface area (TPSA) is 126 Å². The molecular formula is C20H19FN4O6. The molecule has 0 saturated heterocycles. The molecule has 11 heteroatoms.